The van der Waals surface area contributed by atoms with Crippen molar-refractivity contribution in [3.63, 3.8) is 0 Å². The number of hydrogen-bond donors (Lipinski definition) is 0. The maximum atomic E-state index is 4.17. The van der Waals surface area contributed by atoms with Crippen LogP contribution in [0.5, 0.6) is 0 Å². The van der Waals surface area contributed by atoms with E-state index in [-0.39, 0.29) is 0 Å². The zero-order valence-electron chi connectivity index (χ0n) is 8.81. The first-order valence-corrected chi connectivity index (χ1v) is 4.50. The SMILES string of the molecule is Cc1cccc(C)n1.Cn1ccnc1. The lowest BCUT2D eigenvalue weighted by atomic mass is 10.3. The van der Waals surface area contributed by atoms with E-state index in [0.29, 0.717) is 0 Å². The second kappa shape index (κ2) is 5.17. The molecule has 0 spiro atoms. The molecule has 2 aromatic rings. The highest BCUT2D eigenvalue weighted by Gasteiger charge is 1.82. The number of aryl methyl sites for hydroxylation is 3. The van der Waals surface area contributed by atoms with Gasteiger partial charge in [0.15, 0.2) is 0 Å². The molecule has 74 valence electrons. The largest absolute Gasteiger partial charge is 0.341 e. The molecule has 0 saturated carbocycles. The minimum Gasteiger partial charge on any atom is -0.341 e. The molecule has 2 aromatic heterocycles. The second-order valence-electron chi connectivity index (χ2n) is 3.15. The topological polar surface area (TPSA) is 30.7 Å². The van der Waals surface area contributed by atoms with E-state index in [2.05, 4.69) is 9.97 Å². The fourth-order valence-corrected chi connectivity index (χ4v) is 1.01. The number of imidazole rings is 1. The van der Waals surface area contributed by atoms with Crippen molar-refractivity contribution in [3.05, 3.63) is 48.3 Å². The molecule has 0 N–H and O–H groups in total. The summed E-state index contributed by atoms with van der Waals surface area (Å²) in [6, 6.07) is 6.00. The summed E-state index contributed by atoms with van der Waals surface area (Å²) < 4.78 is 1.89. The fraction of sp³-hybridized carbons (Fsp3) is 0.273. The maximum Gasteiger partial charge on any atom is 0.0943 e. The van der Waals surface area contributed by atoms with Crippen molar-refractivity contribution in [1.82, 2.24) is 14.5 Å². The Morgan fingerprint density at radius 3 is 2.00 bits per heavy atom. The first-order chi connectivity index (χ1) is 6.68. The number of pyridine rings is 1. The molecule has 14 heavy (non-hydrogen) atoms. The Hall–Kier alpha value is -1.64. The normalized spacial score (nSPS) is 9.07. The fourth-order valence-electron chi connectivity index (χ4n) is 1.01. The predicted octanol–water partition coefficient (Wildman–Crippen LogP) is 2.12. The average Bonchev–Trinajstić information content (AvgIpc) is 2.56. The third-order valence-corrected chi connectivity index (χ3v) is 1.66. The lowest BCUT2D eigenvalue weighted by molar-refractivity contribution is 0.913. The van der Waals surface area contributed by atoms with Crippen LogP contribution in [0.4, 0.5) is 0 Å². The molecule has 0 radical (unpaired) electrons. The molecule has 0 amide bonds. The van der Waals surface area contributed by atoms with Crippen LogP contribution in [0.3, 0.4) is 0 Å². The highest BCUT2D eigenvalue weighted by molar-refractivity contribution is 5.07. The summed E-state index contributed by atoms with van der Waals surface area (Å²) in [4.78, 5) is 7.96. The number of aromatic nitrogens is 3. The van der Waals surface area contributed by atoms with E-state index in [9.17, 15) is 0 Å². The van der Waals surface area contributed by atoms with Gasteiger partial charge in [-0.1, -0.05) is 6.07 Å². The van der Waals surface area contributed by atoms with E-state index in [1.54, 1.807) is 12.5 Å². The van der Waals surface area contributed by atoms with Crippen LogP contribution in [0.1, 0.15) is 11.4 Å². The Kier molecular flexibility index (Phi) is 3.85. The Bertz CT molecular complexity index is 349. The quantitative estimate of drug-likeness (QED) is 0.635. The van der Waals surface area contributed by atoms with Crippen molar-refractivity contribution in [1.29, 1.82) is 0 Å². The van der Waals surface area contributed by atoms with Gasteiger partial charge in [0.1, 0.15) is 0 Å². The molecule has 0 bridgehead atoms. The van der Waals surface area contributed by atoms with E-state index in [1.807, 2.05) is 49.9 Å². The molecule has 0 aliphatic heterocycles. The van der Waals surface area contributed by atoms with Crippen molar-refractivity contribution < 1.29 is 0 Å². The monoisotopic (exact) mass is 189 g/mol. The van der Waals surface area contributed by atoms with Gasteiger partial charge in [-0.15, -0.1) is 0 Å². The van der Waals surface area contributed by atoms with E-state index < -0.39 is 0 Å². The van der Waals surface area contributed by atoms with Crippen LogP contribution >= 0.6 is 0 Å². The summed E-state index contributed by atoms with van der Waals surface area (Å²) in [6.45, 7) is 3.99. The highest BCUT2D eigenvalue weighted by Crippen LogP contribution is 1.93. The van der Waals surface area contributed by atoms with Crippen molar-refractivity contribution in [3.8, 4) is 0 Å². The molecular weight excluding hydrogens is 174 g/mol. The number of nitrogens with zero attached hydrogens (tertiary/aromatic N) is 3. The van der Waals surface area contributed by atoms with Crippen molar-refractivity contribution in [2.24, 2.45) is 7.05 Å². The van der Waals surface area contributed by atoms with Crippen LogP contribution in [0, 0.1) is 13.8 Å². The first-order valence-electron chi connectivity index (χ1n) is 4.50. The molecule has 0 fully saturated rings. The molecule has 3 nitrogen and oxygen atoms in total. The summed E-state index contributed by atoms with van der Waals surface area (Å²) in [5.41, 5.74) is 2.18. The maximum absolute atomic E-state index is 4.17. The van der Waals surface area contributed by atoms with Gasteiger partial charge < -0.3 is 4.57 Å². The molecule has 0 aliphatic rings. The second-order valence-corrected chi connectivity index (χ2v) is 3.15. The third-order valence-electron chi connectivity index (χ3n) is 1.66. The van der Waals surface area contributed by atoms with Gasteiger partial charge in [0.05, 0.1) is 6.33 Å². The summed E-state index contributed by atoms with van der Waals surface area (Å²) in [5.74, 6) is 0. The Labute approximate surface area is 84.4 Å². The van der Waals surface area contributed by atoms with Crippen molar-refractivity contribution >= 4 is 0 Å². The van der Waals surface area contributed by atoms with E-state index >= 15 is 0 Å². The zero-order valence-corrected chi connectivity index (χ0v) is 8.81. The standard InChI is InChI=1S/C7H9N.C4H6N2/c1-6-4-3-5-7(2)8-6;1-6-3-2-5-4-6/h3-5H,1-2H3;2-4H,1H3. The zero-order chi connectivity index (χ0) is 10.4. The highest BCUT2D eigenvalue weighted by atomic mass is 15.0. The lowest BCUT2D eigenvalue weighted by Gasteiger charge is -1.90. The van der Waals surface area contributed by atoms with Gasteiger partial charge in [-0.3, -0.25) is 4.98 Å². The molecule has 3 heteroatoms. The molecule has 0 aliphatic carbocycles. The van der Waals surface area contributed by atoms with Gasteiger partial charge >= 0.3 is 0 Å². The molecule has 0 aromatic carbocycles. The van der Waals surface area contributed by atoms with Crippen molar-refractivity contribution in [2.75, 3.05) is 0 Å². The van der Waals surface area contributed by atoms with E-state index in [1.165, 1.54) is 0 Å². The summed E-state index contributed by atoms with van der Waals surface area (Å²) >= 11 is 0. The van der Waals surface area contributed by atoms with E-state index in [4.69, 9.17) is 0 Å². The van der Waals surface area contributed by atoms with Crippen LogP contribution < -0.4 is 0 Å². The van der Waals surface area contributed by atoms with Crippen molar-refractivity contribution in [2.45, 2.75) is 13.8 Å². The lowest BCUT2D eigenvalue weighted by Crippen LogP contribution is -1.81. The van der Waals surface area contributed by atoms with Crippen LogP contribution in [-0.4, -0.2) is 14.5 Å². The average molecular weight is 189 g/mol. The molecule has 0 saturated heterocycles. The van der Waals surface area contributed by atoms with Gasteiger partial charge in [-0.25, -0.2) is 4.98 Å². The molecular formula is C11H15N3. The Morgan fingerprint density at radius 2 is 1.79 bits per heavy atom. The van der Waals surface area contributed by atoms with Gasteiger partial charge in [0, 0.05) is 30.8 Å². The summed E-state index contributed by atoms with van der Waals surface area (Å²) in [5, 5.41) is 0. The minimum absolute atomic E-state index is 1.09. The first kappa shape index (κ1) is 10.4. The number of rotatable bonds is 0. The molecule has 0 atom stereocenters. The smallest absolute Gasteiger partial charge is 0.0943 e. The molecule has 0 unspecified atom stereocenters. The molecule has 2 heterocycles. The number of hydrogen-bond acceptors (Lipinski definition) is 2. The Morgan fingerprint density at radius 1 is 1.14 bits per heavy atom. The van der Waals surface area contributed by atoms with Gasteiger partial charge in [0.2, 0.25) is 0 Å². The Balaban J connectivity index is 0.000000146. The summed E-state index contributed by atoms with van der Waals surface area (Å²) in [7, 11) is 1.94. The van der Waals surface area contributed by atoms with Crippen LogP contribution in [0.15, 0.2) is 36.9 Å². The predicted molar refractivity (Wildman–Crippen MR) is 56.9 cm³/mol. The van der Waals surface area contributed by atoms with Gasteiger partial charge in [0.25, 0.3) is 0 Å². The summed E-state index contributed by atoms with van der Waals surface area (Å²) in [6.07, 6.45) is 5.39. The van der Waals surface area contributed by atoms with Crippen LogP contribution in [0.25, 0.3) is 0 Å². The van der Waals surface area contributed by atoms with Gasteiger partial charge in [-0.05, 0) is 26.0 Å². The molecule has 2 rings (SSSR count). The van der Waals surface area contributed by atoms with Crippen LogP contribution in [0.2, 0.25) is 0 Å². The van der Waals surface area contributed by atoms with Gasteiger partial charge in [-0.2, -0.15) is 0 Å². The third kappa shape index (κ3) is 3.85. The van der Waals surface area contributed by atoms with E-state index in [0.717, 1.165) is 11.4 Å². The minimum atomic E-state index is 1.09. The van der Waals surface area contributed by atoms with Crippen LogP contribution in [-0.2, 0) is 7.05 Å².